The van der Waals surface area contributed by atoms with Crippen molar-refractivity contribution >= 4 is 6.03 Å². The molecule has 1 saturated heterocycles. The van der Waals surface area contributed by atoms with E-state index in [2.05, 4.69) is 37.4 Å². The molecule has 0 aromatic heterocycles. The maximum atomic E-state index is 11.9. The Morgan fingerprint density at radius 2 is 2.05 bits per heavy atom. The first kappa shape index (κ1) is 13.9. The SMILES string of the molecule is Cc1ccc(CCNC(=O)N2CCOCC2)c(C)c1. The summed E-state index contributed by atoms with van der Waals surface area (Å²) in [6.07, 6.45) is 0.877. The van der Waals surface area contributed by atoms with Crippen molar-refractivity contribution in [2.75, 3.05) is 32.8 Å². The Balaban J connectivity index is 1.78. The molecule has 1 N–H and O–H groups in total. The van der Waals surface area contributed by atoms with Gasteiger partial charge in [-0.3, -0.25) is 0 Å². The van der Waals surface area contributed by atoms with Gasteiger partial charge in [0.05, 0.1) is 13.2 Å². The van der Waals surface area contributed by atoms with Gasteiger partial charge in [-0.25, -0.2) is 4.79 Å². The highest BCUT2D eigenvalue weighted by molar-refractivity contribution is 5.74. The van der Waals surface area contributed by atoms with Crippen LogP contribution < -0.4 is 5.32 Å². The quantitative estimate of drug-likeness (QED) is 0.903. The van der Waals surface area contributed by atoms with Crippen LogP contribution in [-0.2, 0) is 11.2 Å². The first-order valence-corrected chi connectivity index (χ1v) is 6.83. The Bertz CT molecular complexity index is 440. The van der Waals surface area contributed by atoms with Gasteiger partial charge in [0.25, 0.3) is 0 Å². The number of benzene rings is 1. The number of hydrogen-bond acceptors (Lipinski definition) is 2. The van der Waals surface area contributed by atoms with Crippen molar-refractivity contribution in [2.24, 2.45) is 0 Å². The van der Waals surface area contributed by atoms with Gasteiger partial charge in [-0.05, 0) is 31.4 Å². The Morgan fingerprint density at radius 3 is 2.74 bits per heavy atom. The van der Waals surface area contributed by atoms with Gasteiger partial charge in [0, 0.05) is 19.6 Å². The third kappa shape index (κ3) is 3.96. The number of urea groups is 1. The van der Waals surface area contributed by atoms with Crippen LogP contribution in [-0.4, -0.2) is 43.8 Å². The maximum absolute atomic E-state index is 11.9. The number of nitrogens with one attached hydrogen (secondary N) is 1. The highest BCUT2D eigenvalue weighted by Crippen LogP contribution is 2.10. The lowest BCUT2D eigenvalue weighted by atomic mass is 10.0. The molecule has 0 saturated carbocycles. The summed E-state index contributed by atoms with van der Waals surface area (Å²) in [7, 11) is 0. The van der Waals surface area contributed by atoms with E-state index < -0.39 is 0 Å². The number of amides is 2. The molecule has 19 heavy (non-hydrogen) atoms. The largest absolute Gasteiger partial charge is 0.378 e. The molecule has 0 unspecified atom stereocenters. The standard InChI is InChI=1S/C15H22N2O2/c1-12-3-4-14(13(2)11-12)5-6-16-15(18)17-7-9-19-10-8-17/h3-4,11H,5-10H2,1-2H3,(H,16,18). The Labute approximate surface area is 114 Å². The van der Waals surface area contributed by atoms with Gasteiger partial charge in [0.1, 0.15) is 0 Å². The molecule has 4 nitrogen and oxygen atoms in total. The van der Waals surface area contributed by atoms with Gasteiger partial charge >= 0.3 is 6.03 Å². The predicted octanol–water partition coefficient (Wildman–Crippen LogP) is 1.89. The van der Waals surface area contributed by atoms with Crippen LogP contribution >= 0.6 is 0 Å². The third-order valence-corrected chi connectivity index (χ3v) is 3.47. The number of carbonyl (C=O) groups excluding carboxylic acids is 1. The Morgan fingerprint density at radius 1 is 1.32 bits per heavy atom. The second-order valence-corrected chi connectivity index (χ2v) is 5.01. The molecule has 1 aromatic rings. The average Bonchev–Trinajstić information content (AvgIpc) is 2.42. The molecule has 104 valence electrons. The Kier molecular flexibility index (Phi) is 4.80. The minimum absolute atomic E-state index is 0.0214. The van der Waals surface area contributed by atoms with Gasteiger partial charge in [0.15, 0.2) is 0 Å². The molecule has 2 rings (SSSR count). The zero-order valence-corrected chi connectivity index (χ0v) is 11.7. The van der Waals surface area contributed by atoms with E-state index in [0.29, 0.717) is 32.8 Å². The molecule has 0 bridgehead atoms. The van der Waals surface area contributed by atoms with Crippen molar-refractivity contribution in [3.8, 4) is 0 Å². The van der Waals surface area contributed by atoms with Gasteiger partial charge in [-0.2, -0.15) is 0 Å². The summed E-state index contributed by atoms with van der Waals surface area (Å²) in [6, 6.07) is 6.46. The number of nitrogens with zero attached hydrogens (tertiary/aromatic N) is 1. The lowest BCUT2D eigenvalue weighted by Crippen LogP contribution is -2.46. The zero-order valence-electron chi connectivity index (χ0n) is 11.7. The summed E-state index contributed by atoms with van der Waals surface area (Å²) >= 11 is 0. The lowest BCUT2D eigenvalue weighted by Gasteiger charge is -2.27. The summed E-state index contributed by atoms with van der Waals surface area (Å²) in [4.78, 5) is 13.7. The van der Waals surface area contributed by atoms with Crippen LogP contribution in [0.5, 0.6) is 0 Å². The van der Waals surface area contributed by atoms with Crippen molar-refractivity contribution < 1.29 is 9.53 Å². The first-order chi connectivity index (χ1) is 9.16. The molecule has 0 spiro atoms. The van der Waals surface area contributed by atoms with Crippen LogP contribution in [0.15, 0.2) is 18.2 Å². The summed E-state index contributed by atoms with van der Waals surface area (Å²) < 4.78 is 5.23. The van der Waals surface area contributed by atoms with E-state index in [1.54, 1.807) is 0 Å². The number of hydrogen-bond donors (Lipinski definition) is 1. The van der Waals surface area contributed by atoms with Crippen molar-refractivity contribution in [1.82, 2.24) is 10.2 Å². The second-order valence-electron chi connectivity index (χ2n) is 5.01. The molecule has 0 radical (unpaired) electrons. The molecule has 1 aliphatic heterocycles. The van der Waals surface area contributed by atoms with E-state index in [9.17, 15) is 4.79 Å². The van der Waals surface area contributed by atoms with E-state index in [1.807, 2.05) is 4.90 Å². The smallest absolute Gasteiger partial charge is 0.317 e. The van der Waals surface area contributed by atoms with E-state index in [4.69, 9.17) is 4.74 Å². The van der Waals surface area contributed by atoms with Crippen LogP contribution in [0.2, 0.25) is 0 Å². The molecule has 0 aliphatic carbocycles. The normalized spacial score (nSPS) is 15.4. The Hall–Kier alpha value is -1.55. The fraction of sp³-hybridized carbons (Fsp3) is 0.533. The number of aryl methyl sites for hydroxylation is 2. The van der Waals surface area contributed by atoms with Crippen molar-refractivity contribution in [3.63, 3.8) is 0 Å². The number of morpholine rings is 1. The summed E-state index contributed by atoms with van der Waals surface area (Å²) in [5.74, 6) is 0. The molecule has 1 heterocycles. The monoisotopic (exact) mass is 262 g/mol. The van der Waals surface area contributed by atoms with E-state index >= 15 is 0 Å². The molecule has 1 aliphatic rings. The van der Waals surface area contributed by atoms with E-state index in [0.717, 1.165) is 6.42 Å². The fourth-order valence-corrected chi connectivity index (χ4v) is 2.31. The van der Waals surface area contributed by atoms with Gasteiger partial charge < -0.3 is 15.0 Å². The van der Waals surface area contributed by atoms with Crippen LogP contribution in [0, 0.1) is 13.8 Å². The van der Waals surface area contributed by atoms with Crippen molar-refractivity contribution in [1.29, 1.82) is 0 Å². The third-order valence-electron chi connectivity index (χ3n) is 3.47. The minimum Gasteiger partial charge on any atom is -0.378 e. The van der Waals surface area contributed by atoms with E-state index in [1.165, 1.54) is 16.7 Å². The first-order valence-electron chi connectivity index (χ1n) is 6.83. The molecular weight excluding hydrogens is 240 g/mol. The van der Waals surface area contributed by atoms with Crippen LogP contribution in [0.4, 0.5) is 4.79 Å². The maximum Gasteiger partial charge on any atom is 0.317 e. The van der Waals surface area contributed by atoms with Crippen molar-refractivity contribution in [3.05, 3.63) is 34.9 Å². The highest BCUT2D eigenvalue weighted by Gasteiger charge is 2.15. The molecule has 2 amide bonds. The van der Waals surface area contributed by atoms with Gasteiger partial charge in [-0.15, -0.1) is 0 Å². The van der Waals surface area contributed by atoms with Gasteiger partial charge in [-0.1, -0.05) is 23.8 Å². The molecule has 0 atom stereocenters. The lowest BCUT2D eigenvalue weighted by molar-refractivity contribution is 0.0533. The highest BCUT2D eigenvalue weighted by atomic mass is 16.5. The summed E-state index contributed by atoms with van der Waals surface area (Å²) in [5, 5.41) is 2.97. The van der Waals surface area contributed by atoms with Crippen LogP contribution in [0.3, 0.4) is 0 Å². The summed E-state index contributed by atoms with van der Waals surface area (Å²) in [5.41, 5.74) is 3.87. The van der Waals surface area contributed by atoms with Crippen molar-refractivity contribution in [2.45, 2.75) is 20.3 Å². The van der Waals surface area contributed by atoms with E-state index in [-0.39, 0.29) is 6.03 Å². The average molecular weight is 262 g/mol. The molecular formula is C15H22N2O2. The number of carbonyl (C=O) groups is 1. The molecule has 4 heteroatoms. The topological polar surface area (TPSA) is 41.6 Å². The van der Waals surface area contributed by atoms with Gasteiger partial charge in [0.2, 0.25) is 0 Å². The molecule has 1 fully saturated rings. The second kappa shape index (κ2) is 6.57. The zero-order chi connectivity index (χ0) is 13.7. The predicted molar refractivity (Wildman–Crippen MR) is 75.4 cm³/mol. The number of ether oxygens (including phenoxy) is 1. The summed E-state index contributed by atoms with van der Waals surface area (Å²) in [6.45, 7) is 7.56. The minimum atomic E-state index is 0.0214. The molecule has 1 aromatic carbocycles. The van der Waals surface area contributed by atoms with Crippen LogP contribution in [0.1, 0.15) is 16.7 Å². The fourth-order valence-electron chi connectivity index (χ4n) is 2.31. The van der Waals surface area contributed by atoms with Crippen LogP contribution in [0.25, 0.3) is 0 Å². The number of rotatable bonds is 3.